The molecule has 1 N–H and O–H groups in total. The second-order valence-electron chi connectivity index (χ2n) is 4.57. The van der Waals surface area contributed by atoms with E-state index in [-0.39, 0.29) is 17.0 Å². The minimum Gasteiger partial charge on any atom is -0.211 e. The van der Waals surface area contributed by atoms with Gasteiger partial charge in [-0.2, -0.15) is 13.2 Å². The predicted octanol–water partition coefficient (Wildman–Crippen LogP) is 3.70. The lowest BCUT2D eigenvalue weighted by molar-refractivity contribution is -0.138. The maximum Gasteiger partial charge on any atom is 0.416 e. The summed E-state index contributed by atoms with van der Waals surface area (Å²) in [4.78, 5) is -0.338. The van der Waals surface area contributed by atoms with Crippen LogP contribution in [0.2, 0.25) is 0 Å². The lowest BCUT2D eigenvalue weighted by Crippen LogP contribution is -2.26. The highest BCUT2D eigenvalue weighted by Crippen LogP contribution is 2.34. The van der Waals surface area contributed by atoms with Crippen LogP contribution in [-0.2, 0) is 16.2 Å². The van der Waals surface area contributed by atoms with E-state index in [4.69, 9.17) is 11.6 Å². The molecule has 1 rings (SSSR count). The summed E-state index contributed by atoms with van der Waals surface area (Å²) in [5.74, 6) is 0.499. The normalized spacial score (nSPS) is 12.6. The van der Waals surface area contributed by atoms with E-state index in [1.54, 1.807) is 0 Å². The van der Waals surface area contributed by atoms with Crippen LogP contribution in [0.5, 0.6) is 0 Å². The van der Waals surface area contributed by atoms with Crippen molar-refractivity contribution in [2.75, 3.05) is 12.4 Å². The van der Waals surface area contributed by atoms with Crippen LogP contribution < -0.4 is 4.72 Å². The number of halogens is 4. The average molecular weight is 344 g/mol. The Hall–Kier alpha value is -0.790. The molecule has 0 atom stereocenters. The van der Waals surface area contributed by atoms with Crippen molar-refractivity contribution < 1.29 is 21.6 Å². The number of alkyl halides is 4. The minimum atomic E-state index is -4.57. The number of sulfonamides is 1. The first-order chi connectivity index (χ1) is 9.70. The summed E-state index contributed by atoms with van der Waals surface area (Å²) < 4.78 is 64.8. The Morgan fingerprint density at radius 3 is 2.43 bits per heavy atom. The van der Waals surface area contributed by atoms with E-state index in [0.717, 1.165) is 31.9 Å². The Bertz CT molecular complexity index is 573. The Morgan fingerprint density at radius 1 is 1.19 bits per heavy atom. The number of nitrogens with one attached hydrogen (secondary N) is 1. The van der Waals surface area contributed by atoms with Gasteiger partial charge in [0.15, 0.2) is 0 Å². The number of hydrogen-bond acceptors (Lipinski definition) is 2. The van der Waals surface area contributed by atoms with Crippen molar-refractivity contribution in [3.05, 3.63) is 29.3 Å². The fraction of sp³-hybridized carbons (Fsp3) is 0.538. The molecular formula is C13H17ClF3NO2S. The Labute approximate surface area is 127 Å². The van der Waals surface area contributed by atoms with E-state index < -0.39 is 21.8 Å². The average Bonchev–Trinajstić information content (AvgIpc) is 2.37. The quantitative estimate of drug-likeness (QED) is 0.606. The fourth-order valence-electron chi connectivity index (χ4n) is 1.89. The maximum absolute atomic E-state index is 12.8. The van der Waals surface area contributed by atoms with Gasteiger partial charge in [-0.3, -0.25) is 0 Å². The zero-order chi connectivity index (χ0) is 16.1. The summed E-state index contributed by atoms with van der Waals surface area (Å²) >= 11 is 5.50. The molecule has 0 fully saturated rings. The highest BCUT2D eigenvalue weighted by molar-refractivity contribution is 7.89. The van der Waals surface area contributed by atoms with E-state index in [9.17, 15) is 21.6 Å². The molecule has 0 aliphatic rings. The monoisotopic (exact) mass is 343 g/mol. The second-order valence-corrected chi connectivity index (χ2v) is 6.69. The Morgan fingerprint density at radius 2 is 1.86 bits per heavy atom. The molecule has 1 aromatic rings. The summed E-state index contributed by atoms with van der Waals surface area (Å²) in [6.07, 6.45) is -2.46. The van der Waals surface area contributed by atoms with Crippen molar-refractivity contribution in [2.45, 2.75) is 37.3 Å². The van der Waals surface area contributed by atoms with Crippen molar-refractivity contribution in [2.24, 2.45) is 0 Å². The molecule has 3 nitrogen and oxygen atoms in total. The van der Waals surface area contributed by atoms with Crippen LogP contribution in [0.25, 0.3) is 0 Å². The Kier molecular flexibility index (Phi) is 6.49. The van der Waals surface area contributed by atoms with E-state index in [2.05, 4.69) is 4.72 Å². The molecule has 8 heteroatoms. The van der Waals surface area contributed by atoms with Gasteiger partial charge in [0.05, 0.1) is 10.5 Å². The van der Waals surface area contributed by atoms with Gasteiger partial charge in [0.1, 0.15) is 0 Å². The molecule has 0 heterocycles. The summed E-state index contributed by atoms with van der Waals surface area (Å²) in [7, 11) is -3.94. The van der Waals surface area contributed by atoms with Crippen molar-refractivity contribution in [1.82, 2.24) is 4.72 Å². The minimum absolute atomic E-state index is 0.176. The van der Waals surface area contributed by atoms with Gasteiger partial charge in [-0.25, -0.2) is 13.1 Å². The molecule has 0 amide bonds. The largest absolute Gasteiger partial charge is 0.416 e. The molecule has 1 aromatic carbocycles. The SMILES string of the molecule is Cc1c(C(F)(F)F)cccc1S(=O)(=O)NCCCCCCl. The fourth-order valence-corrected chi connectivity index (χ4v) is 3.42. The first-order valence-electron chi connectivity index (χ1n) is 6.42. The molecule has 0 saturated heterocycles. The van der Waals surface area contributed by atoms with Crippen molar-refractivity contribution in [1.29, 1.82) is 0 Å². The van der Waals surface area contributed by atoms with Gasteiger partial charge < -0.3 is 0 Å². The van der Waals surface area contributed by atoms with E-state index in [1.165, 1.54) is 6.07 Å². The molecule has 0 bridgehead atoms. The predicted molar refractivity (Wildman–Crippen MR) is 75.9 cm³/mol. The van der Waals surface area contributed by atoms with E-state index in [0.29, 0.717) is 12.3 Å². The van der Waals surface area contributed by atoms with Gasteiger partial charge in [-0.15, -0.1) is 11.6 Å². The lowest BCUT2D eigenvalue weighted by atomic mass is 10.1. The highest BCUT2D eigenvalue weighted by Gasteiger charge is 2.34. The van der Waals surface area contributed by atoms with Crippen LogP contribution in [-0.4, -0.2) is 20.8 Å². The molecule has 0 aliphatic carbocycles. The van der Waals surface area contributed by atoms with Crippen molar-refractivity contribution in [3.63, 3.8) is 0 Å². The van der Waals surface area contributed by atoms with Crippen LogP contribution in [0.3, 0.4) is 0 Å². The third-order valence-electron chi connectivity index (χ3n) is 2.98. The van der Waals surface area contributed by atoms with Crippen LogP contribution in [0.1, 0.15) is 30.4 Å². The van der Waals surface area contributed by atoms with Gasteiger partial charge in [0.2, 0.25) is 10.0 Å². The summed E-state index contributed by atoms with van der Waals surface area (Å²) in [6.45, 7) is 1.33. The number of hydrogen-bond donors (Lipinski definition) is 1. The van der Waals surface area contributed by atoms with Crippen LogP contribution in [0.4, 0.5) is 13.2 Å². The number of benzene rings is 1. The van der Waals surface area contributed by atoms with Crippen molar-refractivity contribution in [3.8, 4) is 0 Å². The zero-order valence-corrected chi connectivity index (χ0v) is 13.1. The number of rotatable bonds is 7. The smallest absolute Gasteiger partial charge is 0.211 e. The summed E-state index contributed by atoms with van der Waals surface area (Å²) in [5.41, 5.74) is -1.23. The topological polar surface area (TPSA) is 46.2 Å². The molecule has 0 aliphatic heterocycles. The first-order valence-corrected chi connectivity index (χ1v) is 8.44. The van der Waals surface area contributed by atoms with Gasteiger partial charge in [0, 0.05) is 12.4 Å². The van der Waals surface area contributed by atoms with Crippen LogP contribution in [0.15, 0.2) is 23.1 Å². The van der Waals surface area contributed by atoms with Crippen LogP contribution in [0, 0.1) is 6.92 Å². The van der Waals surface area contributed by atoms with Crippen LogP contribution >= 0.6 is 11.6 Å². The van der Waals surface area contributed by atoms with Gasteiger partial charge in [-0.1, -0.05) is 12.5 Å². The Balaban J connectivity index is 2.89. The van der Waals surface area contributed by atoms with E-state index >= 15 is 0 Å². The third-order valence-corrected chi connectivity index (χ3v) is 4.85. The molecule has 0 aromatic heterocycles. The molecule has 0 unspecified atom stereocenters. The highest BCUT2D eigenvalue weighted by atomic mass is 35.5. The molecule has 0 saturated carbocycles. The third kappa shape index (κ3) is 5.16. The maximum atomic E-state index is 12.8. The number of unbranched alkanes of at least 4 members (excludes halogenated alkanes) is 2. The van der Waals surface area contributed by atoms with Gasteiger partial charge >= 0.3 is 6.18 Å². The summed E-state index contributed by atoms with van der Waals surface area (Å²) in [5, 5.41) is 0. The lowest BCUT2D eigenvalue weighted by Gasteiger charge is -2.14. The zero-order valence-electron chi connectivity index (χ0n) is 11.5. The second kappa shape index (κ2) is 7.47. The standard InChI is InChI=1S/C13H17ClF3NO2S/c1-10-11(13(15,16)17)6-5-7-12(10)21(19,20)18-9-4-2-3-8-14/h5-7,18H,2-4,8-9H2,1H3. The molecule has 0 spiro atoms. The molecule has 0 radical (unpaired) electrons. The summed E-state index contributed by atoms with van der Waals surface area (Å²) in [6, 6.07) is 3.14. The van der Waals surface area contributed by atoms with Crippen molar-refractivity contribution >= 4 is 21.6 Å². The molecule has 21 heavy (non-hydrogen) atoms. The van der Waals surface area contributed by atoms with Gasteiger partial charge in [-0.05, 0) is 37.5 Å². The first kappa shape index (κ1) is 18.3. The molecule has 120 valence electrons. The van der Waals surface area contributed by atoms with Gasteiger partial charge in [0.25, 0.3) is 0 Å². The molecular weight excluding hydrogens is 327 g/mol. The van der Waals surface area contributed by atoms with E-state index in [1.807, 2.05) is 0 Å².